The molecule has 0 spiro atoms. The summed E-state index contributed by atoms with van der Waals surface area (Å²) < 4.78 is 11.1. The van der Waals surface area contributed by atoms with Crippen molar-refractivity contribution in [3.8, 4) is 5.75 Å². The summed E-state index contributed by atoms with van der Waals surface area (Å²) >= 11 is 5.97. The zero-order valence-corrected chi connectivity index (χ0v) is 16.3. The van der Waals surface area contributed by atoms with Gasteiger partial charge in [-0.15, -0.1) is 0 Å². The van der Waals surface area contributed by atoms with Crippen LogP contribution in [-0.4, -0.2) is 41.2 Å². The number of aromatic nitrogens is 1. The lowest BCUT2D eigenvalue weighted by Crippen LogP contribution is -2.57. The van der Waals surface area contributed by atoms with Crippen LogP contribution >= 0.6 is 11.6 Å². The first-order valence-electron chi connectivity index (χ1n) is 9.01. The van der Waals surface area contributed by atoms with Gasteiger partial charge in [0.25, 0.3) is 0 Å². The van der Waals surface area contributed by atoms with Crippen molar-refractivity contribution in [1.82, 2.24) is 15.2 Å². The van der Waals surface area contributed by atoms with Gasteiger partial charge < -0.3 is 19.7 Å². The van der Waals surface area contributed by atoms with Gasteiger partial charge in [0.1, 0.15) is 19.0 Å². The minimum absolute atomic E-state index is 0.108. The van der Waals surface area contributed by atoms with Crippen molar-refractivity contribution in [2.75, 3.05) is 13.1 Å². The Labute approximate surface area is 164 Å². The van der Waals surface area contributed by atoms with Gasteiger partial charge in [-0.1, -0.05) is 23.7 Å². The van der Waals surface area contributed by atoms with E-state index in [1.165, 1.54) is 0 Å². The topological polar surface area (TPSA) is 63.7 Å². The SMILES string of the molecule is CC1CNCC(C)N1C(=O)OCc1ccc(OCc2cccc(Cl)c2)cn1. The number of piperazine rings is 1. The van der Waals surface area contributed by atoms with E-state index in [2.05, 4.69) is 10.3 Å². The fraction of sp³-hybridized carbons (Fsp3) is 0.400. The summed E-state index contributed by atoms with van der Waals surface area (Å²) in [4.78, 5) is 18.4. The third-order valence-corrected chi connectivity index (χ3v) is 4.71. The third kappa shape index (κ3) is 5.34. The molecular formula is C20H24ClN3O3. The summed E-state index contributed by atoms with van der Waals surface area (Å²) in [6, 6.07) is 11.4. The summed E-state index contributed by atoms with van der Waals surface area (Å²) in [6.45, 7) is 6.11. The standard InChI is InChI=1S/C20H24ClN3O3/c1-14-9-22-10-15(2)24(14)20(25)27-13-18-6-7-19(11-23-18)26-12-16-4-3-5-17(21)8-16/h3-8,11,14-15,22H,9-10,12-13H2,1-2H3. The van der Waals surface area contributed by atoms with E-state index in [9.17, 15) is 4.79 Å². The van der Waals surface area contributed by atoms with E-state index < -0.39 is 0 Å². The predicted molar refractivity (Wildman–Crippen MR) is 104 cm³/mol. The number of nitrogens with one attached hydrogen (secondary N) is 1. The zero-order valence-electron chi connectivity index (χ0n) is 15.5. The Bertz CT molecular complexity index is 759. The maximum absolute atomic E-state index is 12.4. The first-order valence-corrected chi connectivity index (χ1v) is 9.38. The Morgan fingerprint density at radius 2 is 2.00 bits per heavy atom. The molecule has 27 heavy (non-hydrogen) atoms. The van der Waals surface area contributed by atoms with Crippen molar-refractivity contribution < 1.29 is 14.3 Å². The molecular weight excluding hydrogens is 366 g/mol. The Hall–Kier alpha value is -2.31. The van der Waals surface area contributed by atoms with Crippen LogP contribution in [0.25, 0.3) is 0 Å². The number of rotatable bonds is 5. The highest BCUT2D eigenvalue weighted by Gasteiger charge is 2.29. The highest BCUT2D eigenvalue weighted by molar-refractivity contribution is 6.30. The molecule has 2 heterocycles. The number of hydrogen-bond donors (Lipinski definition) is 1. The number of amides is 1. The third-order valence-electron chi connectivity index (χ3n) is 4.48. The summed E-state index contributed by atoms with van der Waals surface area (Å²) in [5.74, 6) is 0.648. The van der Waals surface area contributed by atoms with E-state index in [4.69, 9.17) is 21.1 Å². The average molecular weight is 390 g/mol. The lowest BCUT2D eigenvalue weighted by molar-refractivity contribution is 0.0556. The number of hydrogen-bond acceptors (Lipinski definition) is 5. The fourth-order valence-electron chi connectivity index (χ4n) is 3.08. The van der Waals surface area contributed by atoms with Crippen LogP contribution in [0.4, 0.5) is 4.79 Å². The molecule has 1 saturated heterocycles. The Morgan fingerprint density at radius 3 is 2.67 bits per heavy atom. The van der Waals surface area contributed by atoms with Gasteiger partial charge in [-0.25, -0.2) is 4.79 Å². The number of nitrogens with zero attached hydrogens (tertiary/aromatic N) is 2. The van der Waals surface area contributed by atoms with Crippen LogP contribution in [0.2, 0.25) is 5.02 Å². The summed E-state index contributed by atoms with van der Waals surface area (Å²) in [6.07, 6.45) is 1.32. The van der Waals surface area contributed by atoms with Gasteiger partial charge in [-0.05, 0) is 43.7 Å². The molecule has 1 aliphatic heterocycles. The molecule has 1 aromatic heterocycles. The molecule has 0 bridgehead atoms. The number of carbonyl (C=O) groups is 1. The van der Waals surface area contributed by atoms with Crippen molar-refractivity contribution in [3.63, 3.8) is 0 Å². The highest BCUT2D eigenvalue weighted by Crippen LogP contribution is 2.16. The molecule has 1 fully saturated rings. The van der Waals surface area contributed by atoms with E-state index >= 15 is 0 Å². The Morgan fingerprint density at radius 1 is 1.22 bits per heavy atom. The molecule has 1 N–H and O–H groups in total. The molecule has 6 nitrogen and oxygen atoms in total. The lowest BCUT2D eigenvalue weighted by Gasteiger charge is -2.38. The molecule has 0 radical (unpaired) electrons. The molecule has 0 aliphatic carbocycles. The summed E-state index contributed by atoms with van der Waals surface area (Å²) in [5, 5.41) is 3.97. The fourth-order valence-corrected chi connectivity index (χ4v) is 3.29. The van der Waals surface area contributed by atoms with E-state index in [-0.39, 0.29) is 24.8 Å². The molecule has 7 heteroatoms. The number of ether oxygens (including phenoxy) is 2. The molecule has 0 saturated carbocycles. The first kappa shape index (κ1) is 19.5. The maximum Gasteiger partial charge on any atom is 0.410 e. The van der Waals surface area contributed by atoms with E-state index in [1.807, 2.05) is 44.2 Å². The van der Waals surface area contributed by atoms with Crippen LogP contribution in [0.3, 0.4) is 0 Å². The normalized spacial score (nSPS) is 19.6. The zero-order chi connectivity index (χ0) is 19.2. The van der Waals surface area contributed by atoms with Crippen molar-refractivity contribution in [3.05, 3.63) is 58.9 Å². The summed E-state index contributed by atoms with van der Waals surface area (Å²) in [5.41, 5.74) is 1.66. The quantitative estimate of drug-likeness (QED) is 0.845. The van der Waals surface area contributed by atoms with Gasteiger partial charge in [0.05, 0.1) is 11.9 Å². The largest absolute Gasteiger partial charge is 0.487 e. The monoisotopic (exact) mass is 389 g/mol. The molecule has 1 aliphatic rings. The van der Waals surface area contributed by atoms with Crippen LogP contribution in [0, 0.1) is 0 Å². The van der Waals surface area contributed by atoms with Gasteiger partial charge in [-0.3, -0.25) is 4.98 Å². The van der Waals surface area contributed by atoms with Crippen LogP contribution < -0.4 is 10.1 Å². The number of halogens is 1. The van der Waals surface area contributed by atoms with E-state index in [0.717, 1.165) is 18.7 Å². The van der Waals surface area contributed by atoms with E-state index in [1.54, 1.807) is 17.2 Å². The van der Waals surface area contributed by atoms with Gasteiger partial charge in [0.15, 0.2) is 0 Å². The summed E-state index contributed by atoms with van der Waals surface area (Å²) in [7, 11) is 0. The Kier molecular flexibility index (Phi) is 6.53. The molecule has 3 rings (SSSR count). The minimum atomic E-state index is -0.306. The van der Waals surface area contributed by atoms with Crippen LogP contribution in [0.1, 0.15) is 25.1 Å². The average Bonchev–Trinajstić information content (AvgIpc) is 2.65. The van der Waals surface area contributed by atoms with Gasteiger partial charge in [0, 0.05) is 30.2 Å². The molecule has 2 aromatic rings. The van der Waals surface area contributed by atoms with Crippen molar-refractivity contribution in [2.24, 2.45) is 0 Å². The highest BCUT2D eigenvalue weighted by atomic mass is 35.5. The maximum atomic E-state index is 12.4. The van der Waals surface area contributed by atoms with Crippen LogP contribution in [0.5, 0.6) is 5.75 Å². The molecule has 2 atom stereocenters. The molecule has 1 amide bonds. The van der Waals surface area contributed by atoms with Gasteiger partial charge >= 0.3 is 6.09 Å². The van der Waals surface area contributed by atoms with Gasteiger partial charge in [0.2, 0.25) is 0 Å². The number of carbonyl (C=O) groups excluding carboxylic acids is 1. The second-order valence-electron chi connectivity index (χ2n) is 6.72. The van der Waals surface area contributed by atoms with E-state index in [0.29, 0.717) is 23.1 Å². The predicted octanol–water partition coefficient (Wildman–Crippen LogP) is 3.63. The molecule has 2 unspecified atom stereocenters. The second-order valence-corrected chi connectivity index (χ2v) is 7.16. The second kappa shape index (κ2) is 9.06. The lowest BCUT2D eigenvalue weighted by atomic mass is 10.1. The van der Waals surface area contributed by atoms with Crippen LogP contribution in [-0.2, 0) is 18.0 Å². The Balaban J connectivity index is 1.49. The van der Waals surface area contributed by atoms with Crippen LogP contribution in [0.15, 0.2) is 42.6 Å². The number of benzene rings is 1. The first-order chi connectivity index (χ1) is 13.0. The molecule has 1 aromatic carbocycles. The minimum Gasteiger partial charge on any atom is -0.487 e. The van der Waals surface area contributed by atoms with Gasteiger partial charge in [-0.2, -0.15) is 0 Å². The smallest absolute Gasteiger partial charge is 0.410 e. The number of pyridine rings is 1. The van der Waals surface area contributed by atoms with Crippen molar-refractivity contribution in [1.29, 1.82) is 0 Å². The van der Waals surface area contributed by atoms with Crippen molar-refractivity contribution >= 4 is 17.7 Å². The van der Waals surface area contributed by atoms with Crippen molar-refractivity contribution in [2.45, 2.75) is 39.1 Å². The molecule has 144 valence electrons.